The van der Waals surface area contributed by atoms with E-state index in [1.807, 2.05) is 0 Å². The minimum absolute atomic E-state index is 0.311. The van der Waals surface area contributed by atoms with Crippen molar-refractivity contribution in [1.29, 1.82) is 0 Å². The third-order valence-electron chi connectivity index (χ3n) is 2.72. The Labute approximate surface area is 108 Å². The van der Waals surface area contributed by atoms with Crippen molar-refractivity contribution in [3.63, 3.8) is 0 Å². The van der Waals surface area contributed by atoms with Gasteiger partial charge in [0.25, 0.3) is 0 Å². The molecule has 2 N–H and O–H groups in total. The summed E-state index contributed by atoms with van der Waals surface area (Å²) in [5.74, 6) is 0.0713. The van der Waals surface area contributed by atoms with Gasteiger partial charge in [-0.2, -0.15) is 0 Å². The summed E-state index contributed by atoms with van der Waals surface area (Å²) in [5, 5.41) is 6.53. The molecule has 1 aliphatic heterocycles. The summed E-state index contributed by atoms with van der Waals surface area (Å²) in [6.07, 6.45) is 0. The van der Waals surface area contributed by atoms with Crippen molar-refractivity contribution in [1.82, 2.24) is 15.3 Å². The highest BCUT2D eigenvalue weighted by Gasteiger charge is 2.17. The van der Waals surface area contributed by atoms with E-state index in [9.17, 15) is 4.39 Å². The molecule has 2 aromatic rings. The zero-order chi connectivity index (χ0) is 12.5. The highest BCUT2D eigenvalue weighted by atomic mass is 35.5. The zero-order valence-electron chi connectivity index (χ0n) is 9.37. The summed E-state index contributed by atoms with van der Waals surface area (Å²) >= 11 is 6.07. The predicted octanol–water partition coefficient (Wildman–Crippen LogP) is 2.62. The minimum Gasteiger partial charge on any atom is -0.324 e. The molecule has 2 heterocycles. The Morgan fingerprint density at radius 3 is 3.00 bits per heavy atom. The van der Waals surface area contributed by atoms with Crippen molar-refractivity contribution in [3.8, 4) is 0 Å². The van der Waals surface area contributed by atoms with E-state index in [2.05, 4.69) is 20.6 Å². The fraction of sp³-hybridized carbons (Fsp3) is 0.167. The topological polar surface area (TPSA) is 49.8 Å². The Morgan fingerprint density at radius 1 is 1.28 bits per heavy atom. The molecule has 0 bridgehead atoms. The van der Waals surface area contributed by atoms with Crippen molar-refractivity contribution in [3.05, 3.63) is 46.5 Å². The van der Waals surface area contributed by atoms with E-state index >= 15 is 0 Å². The standard InChI is InChI=1S/C12H10ClFN4/c13-11-9-5-15-6-10(9)17-12(18-11)16-8-3-1-2-7(14)4-8/h1-4,15H,5-6H2,(H,16,17,18). The second-order valence-electron chi connectivity index (χ2n) is 4.00. The number of halogens is 2. The molecule has 92 valence electrons. The Balaban J connectivity index is 1.92. The predicted molar refractivity (Wildman–Crippen MR) is 67.3 cm³/mol. The Hall–Kier alpha value is -1.72. The highest BCUT2D eigenvalue weighted by molar-refractivity contribution is 6.30. The molecule has 0 atom stereocenters. The number of hydrogen-bond acceptors (Lipinski definition) is 4. The lowest BCUT2D eigenvalue weighted by atomic mass is 10.3. The number of anilines is 2. The molecule has 4 nitrogen and oxygen atoms in total. The summed E-state index contributed by atoms with van der Waals surface area (Å²) in [5.41, 5.74) is 2.41. The van der Waals surface area contributed by atoms with Crippen molar-refractivity contribution in [2.45, 2.75) is 13.1 Å². The van der Waals surface area contributed by atoms with E-state index in [1.54, 1.807) is 12.1 Å². The fourth-order valence-electron chi connectivity index (χ4n) is 1.88. The van der Waals surface area contributed by atoms with Gasteiger partial charge in [0.2, 0.25) is 5.95 Å². The van der Waals surface area contributed by atoms with Gasteiger partial charge in [-0.3, -0.25) is 0 Å². The van der Waals surface area contributed by atoms with E-state index in [0.29, 0.717) is 29.9 Å². The van der Waals surface area contributed by atoms with Crippen LogP contribution in [0.3, 0.4) is 0 Å². The molecule has 1 aromatic heterocycles. The van der Waals surface area contributed by atoms with Crippen LogP contribution in [0.25, 0.3) is 0 Å². The lowest BCUT2D eigenvalue weighted by Gasteiger charge is -2.07. The third kappa shape index (κ3) is 2.14. The van der Waals surface area contributed by atoms with Gasteiger partial charge in [0.05, 0.1) is 5.69 Å². The third-order valence-corrected chi connectivity index (χ3v) is 3.03. The number of nitrogens with zero attached hydrogens (tertiary/aromatic N) is 2. The number of hydrogen-bond donors (Lipinski definition) is 2. The molecule has 0 saturated carbocycles. The van der Waals surface area contributed by atoms with Crippen LogP contribution in [-0.2, 0) is 13.1 Å². The number of aromatic nitrogens is 2. The smallest absolute Gasteiger partial charge is 0.228 e. The van der Waals surface area contributed by atoms with E-state index in [1.165, 1.54) is 12.1 Å². The van der Waals surface area contributed by atoms with Crippen LogP contribution in [-0.4, -0.2) is 9.97 Å². The van der Waals surface area contributed by atoms with E-state index in [4.69, 9.17) is 11.6 Å². The first-order chi connectivity index (χ1) is 8.72. The van der Waals surface area contributed by atoms with Gasteiger partial charge in [0.15, 0.2) is 0 Å². The number of rotatable bonds is 2. The highest BCUT2D eigenvalue weighted by Crippen LogP contribution is 2.24. The fourth-order valence-corrected chi connectivity index (χ4v) is 2.13. The van der Waals surface area contributed by atoms with Crippen LogP contribution < -0.4 is 10.6 Å². The van der Waals surface area contributed by atoms with Gasteiger partial charge < -0.3 is 10.6 Å². The van der Waals surface area contributed by atoms with Gasteiger partial charge in [-0.25, -0.2) is 14.4 Å². The summed E-state index contributed by atoms with van der Waals surface area (Å²) in [7, 11) is 0. The maximum atomic E-state index is 13.1. The minimum atomic E-state index is -0.311. The maximum absolute atomic E-state index is 13.1. The Morgan fingerprint density at radius 2 is 2.17 bits per heavy atom. The van der Waals surface area contributed by atoms with E-state index in [0.717, 1.165) is 11.3 Å². The van der Waals surface area contributed by atoms with Gasteiger partial charge in [0.1, 0.15) is 11.0 Å². The lowest BCUT2D eigenvalue weighted by Crippen LogP contribution is -2.02. The van der Waals surface area contributed by atoms with Gasteiger partial charge in [0, 0.05) is 24.3 Å². The summed E-state index contributed by atoms with van der Waals surface area (Å²) in [6, 6.07) is 6.12. The van der Waals surface area contributed by atoms with Crippen molar-refractivity contribution in [2.24, 2.45) is 0 Å². The van der Waals surface area contributed by atoms with Crippen LogP contribution in [0.15, 0.2) is 24.3 Å². The molecule has 0 saturated heterocycles. The average Bonchev–Trinajstić information content (AvgIpc) is 2.77. The van der Waals surface area contributed by atoms with Crippen molar-refractivity contribution >= 4 is 23.2 Å². The lowest BCUT2D eigenvalue weighted by molar-refractivity contribution is 0.628. The normalized spacial score (nSPS) is 13.4. The van der Waals surface area contributed by atoms with Gasteiger partial charge >= 0.3 is 0 Å². The second-order valence-corrected chi connectivity index (χ2v) is 4.36. The first kappa shape index (κ1) is 11.4. The zero-order valence-corrected chi connectivity index (χ0v) is 10.1. The monoisotopic (exact) mass is 264 g/mol. The molecular formula is C12H10ClFN4. The summed E-state index contributed by atoms with van der Waals surface area (Å²) in [6.45, 7) is 1.36. The Bertz CT molecular complexity index is 603. The van der Waals surface area contributed by atoms with Crippen molar-refractivity contribution < 1.29 is 4.39 Å². The van der Waals surface area contributed by atoms with Crippen LogP contribution in [0.2, 0.25) is 5.15 Å². The van der Waals surface area contributed by atoms with Gasteiger partial charge in [-0.1, -0.05) is 17.7 Å². The molecule has 18 heavy (non-hydrogen) atoms. The molecule has 0 aliphatic carbocycles. The summed E-state index contributed by atoms with van der Waals surface area (Å²) in [4.78, 5) is 8.50. The first-order valence-electron chi connectivity index (χ1n) is 5.51. The average molecular weight is 265 g/mol. The van der Waals surface area contributed by atoms with E-state index < -0.39 is 0 Å². The van der Waals surface area contributed by atoms with E-state index in [-0.39, 0.29) is 5.82 Å². The summed E-state index contributed by atoms with van der Waals surface area (Å²) < 4.78 is 13.1. The van der Waals surface area contributed by atoms with Gasteiger partial charge in [-0.05, 0) is 18.2 Å². The molecule has 0 amide bonds. The van der Waals surface area contributed by atoms with Crippen molar-refractivity contribution in [2.75, 3.05) is 5.32 Å². The molecular weight excluding hydrogens is 255 g/mol. The molecule has 0 radical (unpaired) electrons. The van der Waals surface area contributed by atoms with Gasteiger partial charge in [-0.15, -0.1) is 0 Å². The van der Waals surface area contributed by atoms with Crippen LogP contribution in [0.1, 0.15) is 11.3 Å². The molecule has 1 aliphatic rings. The SMILES string of the molecule is Fc1cccc(Nc2nc(Cl)c3c(n2)CNC3)c1. The molecule has 6 heteroatoms. The van der Waals surface area contributed by atoms with Crippen LogP contribution >= 0.6 is 11.6 Å². The van der Waals surface area contributed by atoms with Crippen LogP contribution in [0.5, 0.6) is 0 Å². The maximum Gasteiger partial charge on any atom is 0.228 e. The molecule has 1 aromatic carbocycles. The molecule has 0 spiro atoms. The van der Waals surface area contributed by atoms with Crippen LogP contribution in [0, 0.1) is 5.82 Å². The second kappa shape index (κ2) is 4.51. The molecule has 0 unspecified atom stereocenters. The molecule has 0 fully saturated rings. The number of nitrogens with one attached hydrogen (secondary N) is 2. The largest absolute Gasteiger partial charge is 0.324 e. The quantitative estimate of drug-likeness (QED) is 0.819. The molecule has 3 rings (SSSR count). The number of benzene rings is 1. The number of fused-ring (bicyclic) bond motifs is 1. The first-order valence-corrected chi connectivity index (χ1v) is 5.89. The van der Waals surface area contributed by atoms with Crippen LogP contribution in [0.4, 0.5) is 16.0 Å². The Kier molecular flexibility index (Phi) is 2.85.